The third kappa shape index (κ3) is 7.02. The Labute approximate surface area is 128 Å². The summed E-state index contributed by atoms with van der Waals surface area (Å²) < 4.78 is 0. The van der Waals surface area contributed by atoms with E-state index in [4.69, 9.17) is 0 Å². The molecule has 3 nitrogen and oxygen atoms in total. The van der Waals surface area contributed by atoms with Crippen LogP contribution in [0.2, 0.25) is 0 Å². The molecule has 0 bridgehead atoms. The van der Waals surface area contributed by atoms with E-state index in [2.05, 4.69) is 34.4 Å². The van der Waals surface area contributed by atoms with Crippen molar-refractivity contribution in [2.45, 2.75) is 19.3 Å². The zero-order chi connectivity index (χ0) is 15.7. The first-order valence-electron chi connectivity index (χ1n) is 7.57. The van der Waals surface area contributed by atoms with E-state index >= 15 is 0 Å². The van der Waals surface area contributed by atoms with Gasteiger partial charge in [-0.3, -0.25) is 4.79 Å². The largest absolute Gasteiger partial charge is 0.314 e. The van der Waals surface area contributed by atoms with Gasteiger partial charge in [-0.15, -0.1) is 0 Å². The molecule has 0 aromatic heterocycles. The SMILES string of the molecule is C[NH+](C)/C=C/C=C/C=C1/CCC/C(=C\C=C\[NH+](C)C)C1=O. The number of carbonyl (C=O) groups excluding carboxylic acids is 1. The van der Waals surface area contributed by atoms with Gasteiger partial charge in [0.2, 0.25) is 0 Å². The summed E-state index contributed by atoms with van der Waals surface area (Å²) in [6, 6.07) is 0. The van der Waals surface area contributed by atoms with Crippen molar-refractivity contribution < 1.29 is 14.6 Å². The first-order valence-corrected chi connectivity index (χ1v) is 7.57. The highest BCUT2D eigenvalue weighted by Gasteiger charge is 2.19. The molecule has 1 rings (SSSR count). The van der Waals surface area contributed by atoms with Gasteiger partial charge in [0.25, 0.3) is 0 Å². The van der Waals surface area contributed by atoms with Crippen molar-refractivity contribution in [3.05, 3.63) is 60.0 Å². The molecule has 21 heavy (non-hydrogen) atoms. The molecular weight excluding hydrogens is 260 g/mol. The van der Waals surface area contributed by atoms with E-state index in [1.54, 1.807) is 0 Å². The van der Waals surface area contributed by atoms with Crippen molar-refractivity contribution in [1.82, 2.24) is 0 Å². The molecule has 0 saturated heterocycles. The molecular formula is C18H28N2O+2. The quantitative estimate of drug-likeness (QED) is 0.558. The van der Waals surface area contributed by atoms with Crippen LogP contribution in [0, 0.1) is 0 Å². The predicted octanol–water partition coefficient (Wildman–Crippen LogP) is 0.465. The summed E-state index contributed by atoms with van der Waals surface area (Å²) in [4.78, 5) is 14.8. The topological polar surface area (TPSA) is 26.0 Å². The number of quaternary nitrogens is 2. The fourth-order valence-corrected chi connectivity index (χ4v) is 2.06. The van der Waals surface area contributed by atoms with Crippen molar-refractivity contribution in [3.63, 3.8) is 0 Å². The maximum absolute atomic E-state index is 12.3. The third-order valence-electron chi connectivity index (χ3n) is 3.15. The van der Waals surface area contributed by atoms with Crippen molar-refractivity contribution >= 4 is 5.78 Å². The lowest BCUT2D eigenvalue weighted by Crippen LogP contribution is -3.00. The summed E-state index contributed by atoms with van der Waals surface area (Å²) in [6.45, 7) is 0. The lowest BCUT2D eigenvalue weighted by atomic mass is 9.88. The van der Waals surface area contributed by atoms with Crippen molar-refractivity contribution in [2.75, 3.05) is 28.2 Å². The van der Waals surface area contributed by atoms with Gasteiger partial charge < -0.3 is 9.80 Å². The molecule has 2 N–H and O–H groups in total. The fraction of sp³-hybridized carbons (Fsp3) is 0.389. The Morgan fingerprint density at radius 2 is 1.29 bits per heavy atom. The van der Waals surface area contributed by atoms with Crippen molar-refractivity contribution in [3.8, 4) is 0 Å². The number of rotatable bonds is 5. The Hall–Kier alpha value is -1.71. The van der Waals surface area contributed by atoms with Crippen LogP contribution < -0.4 is 9.80 Å². The lowest BCUT2D eigenvalue weighted by molar-refractivity contribution is -0.801. The zero-order valence-electron chi connectivity index (χ0n) is 13.6. The minimum Gasteiger partial charge on any atom is -0.314 e. The molecule has 1 aliphatic carbocycles. The molecule has 0 unspecified atom stereocenters. The summed E-state index contributed by atoms with van der Waals surface area (Å²) in [6.07, 6.45) is 18.7. The molecule has 0 atom stereocenters. The number of hydrogen-bond acceptors (Lipinski definition) is 1. The van der Waals surface area contributed by atoms with Crippen LogP contribution in [0.1, 0.15) is 19.3 Å². The average Bonchev–Trinajstić information content (AvgIpc) is 2.41. The van der Waals surface area contributed by atoms with Crippen molar-refractivity contribution in [2.24, 2.45) is 0 Å². The first-order chi connectivity index (χ1) is 10.0. The standard InChI is InChI=1S/C18H26N2O/c1-19(2)14-7-5-6-10-16-11-8-12-17(18(16)21)13-9-15-20(3)4/h5-7,9-10,13-15H,8,11-12H2,1-4H3/p+2/b6-5+,14-7+,15-9+,16-10-,17-13+. The minimum absolute atomic E-state index is 0.200. The molecule has 0 spiro atoms. The van der Waals surface area contributed by atoms with E-state index in [0.717, 1.165) is 30.4 Å². The number of allylic oxidation sites excluding steroid dienone is 8. The second-order valence-electron chi connectivity index (χ2n) is 5.82. The van der Waals surface area contributed by atoms with Gasteiger partial charge >= 0.3 is 0 Å². The molecule has 1 aliphatic rings. The van der Waals surface area contributed by atoms with Gasteiger partial charge in [0.1, 0.15) is 0 Å². The molecule has 0 aliphatic heterocycles. The molecule has 0 aromatic carbocycles. The summed E-state index contributed by atoms with van der Waals surface area (Å²) in [5.41, 5.74) is 1.84. The van der Waals surface area contributed by atoms with E-state index in [0.29, 0.717) is 0 Å². The van der Waals surface area contributed by atoms with Crippen LogP contribution in [0.3, 0.4) is 0 Å². The van der Waals surface area contributed by atoms with Crippen LogP contribution in [-0.4, -0.2) is 34.0 Å². The normalized spacial score (nSPS) is 21.3. The highest BCUT2D eigenvalue weighted by molar-refractivity contribution is 6.09. The van der Waals surface area contributed by atoms with Gasteiger partial charge in [-0.25, -0.2) is 0 Å². The number of nitrogens with one attached hydrogen (secondary N) is 2. The number of hydrogen-bond donors (Lipinski definition) is 2. The molecule has 0 radical (unpaired) electrons. The first kappa shape index (κ1) is 17.3. The third-order valence-corrected chi connectivity index (χ3v) is 3.15. The molecule has 3 heteroatoms. The summed E-state index contributed by atoms with van der Waals surface area (Å²) in [5.74, 6) is 0.200. The van der Waals surface area contributed by atoms with Gasteiger partial charge in [-0.1, -0.05) is 18.2 Å². The molecule has 0 heterocycles. The van der Waals surface area contributed by atoms with Gasteiger partial charge in [0.15, 0.2) is 5.78 Å². The van der Waals surface area contributed by atoms with E-state index < -0.39 is 0 Å². The maximum Gasteiger partial charge on any atom is 0.184 e. The number of Topliss-reactive ketones (excluding diaryl/α,β-unsaturated/α-hetero) is 1. The molecule has 0 amide bonds. The van der Waals surface area contributed by atoms with Crippen LogP contribution in [0.25, 0.3) is 0 Å². The second-order valence-corrected chi connectivity index (χ2v) is 5.82. The van der Waals surface area contributed by atoms with Gasteiger partial charge in [-0.2, -0.15) is 0 Å². The van der Waals surface area contributed by atoms with Crippen LogP contribution >= 0.6 is 0 Å². The Morgan fingerprint density at radius 3 is 1.86 bits per heavy atom. The van der Waals surface area contributed by atoms with E-state index in [1.165, 1.54) is 9.80 Å². The van der Waals surface area contributed by atoms with Gasteiger partial charge in [-0.05, 0) is 48.6 Å². The van der Waals surface area contributed by atoms with E-state index in [9.17, 15) is 4.79 Å². The maximum atomic E-state index is 12.3. The van der Waals surface area contributed by atoms with Crippen LogP contribution in [0.15, 0.2) is 60.0 Å². The number of carbonyl (C=O) groups is 1. The van der Waals surface area contributed by atoms with Crippen LogP contribution in [-0.2, 0) is 4.79 Å². The molecule has 1 fully saturated rings. The second kappa shape index (κ2) is 9.27. The Bertz CT molecular complexity index is 491. The van der Waals surface area contributed by atoms with Gasteiger partial charge in [0, 0.05) is 0 Å². The Balaban J connectivity index is 2.70. The monoisotopic (exact) mass is 288 g/mol. The van der Waals surface area contributed by atoms with Crippen molar-refractivity contribution in [1.29, 1.82) is 0 Å². The Morgan fingerprint density at radius 1 is 0.762 bits per heavy atom. The molecule has 114 valence electrons. The molecule has 0 aromatic rings. The minimum atomic E-state index is 0.200. The highest BCUT2D eigenvalue weighted by atomic mass is 16.1. The zero-order valence-corrected chi connectivity index (χ0v) is 13.6. The summed E-state index contributed by atoms with van der Waals surface area (Å²) >= 11 is 0. The van der Waals surface area contributed by atoms with E-state index in [1.807, 2.05) is 42.7 Å². The summed E-state index contributed by atoms with van der Waals surface area (Å²) in [5, 5.41) is 0. The van der Waals surface area contributed by atoms with Crippen LogP contribution in [0.4, 0.5) is 0 Å². The van der Waals surface area contributed by atoms with E-state index in [-0.39, 0.29) is 5.78 Å². The van der Waals surface area contributed by atoms with Crippen LogP contribution in [0.5, 0.6) is 0 Å². The number of ketones is 1. The Kier molecular flexibility index (Phi) is 7.65. The molecule has 1 saturated carbocycles. The highest BCUT2D eigenvalue weighted by Crippen LogP contribution is 2.24. The van der Waals surface area contributed by atoms with Gasteiger partial charge in [0.05, 0.1) is 40.6 Å². The summed E-state index contributed by atoms with van der Waals surface area (Å²) in [7, 11) is 8.23. The predicted molar refractivity (Wildman–Crippen MR) is 88.1 cm³/mol. The lowest BCUT2D eigenvalue weighted by Gasteiger charge is -2.15. The average molecular weight is 288 g/mol. The smallest absolute Gasteiger partial charge is 0.184 e. The fourth-order valence-electron chi connectivity index (χ4n) is 2.06.